The van der Waals surface area contributed by atoms with E-state index < -0.39 is 11.8 Å². The van der Waals surface area contributed by atoms with E-state index in [-0.39, 0.29) is 16.4 Å². The molecule has 1 aliphatic rings. The lowest BCUT2D eigenvalue weighted by Gasteiger charge is -2.42. The number of imidazole rings is 1. The lowest BCUT2D eigenvalue weighted by Crippen LogP contribution is -2.34. The zero-order valence-corrected chi connectivity index (χ0v) is 18.8. The van der Waals surface area contributed by atoms with Crippen LogP contribution in [-0.2, 0) is 15.6 Å². The quantitative estimate of drug-likeness (QED) is 0.495. The van der Waals surface area contributed by atoms with Crippen LogP contribution in [0.15, 0.2) is 24.3 Å². The topological polar surface area (TPSA) is 44.1 Å². The van der Waals surface area contributed by atoms with Crippen molar-refractivity contribution in [1.82, 2.24) is 9.55 Å². The van der Waals surface area contributed by atoms with Gasteiger partial charge in [-0.2, -0.15) is 0 Å². The predicted octanol–water partition coefficient (Wildman–Crippen LogP) is 5.92. The van der Waals surface area contributed by atoms with Gasteiger partial charge in [-0.25, -0.2) is 14.2 Å². The molecule has 0 radical (unpaired) electrons. The minimum Gasteiger partial charge on any atom is -0.465 e. The number of ether oxygens (including phenoxy) is 1. The van der Waals surface area contributed by atoms with E-state index in [0.29, 0.717) is 11.0 Å². The van der Waals surface area contributed by atoms with Gasteiger partial charge in [0, 0.05) is 6.07 Å². The molecule has 0 saturated carbocycles. The Bertz CT molecular complexity index is 1190. The third-order valence-corrected chi connectivity index (χ3v) is 6.73. The second-order valence-corrected chi connectivity index (χ2v) is 9.76. The summed E-state index contributed by atoms with van der Waals surface area (Å²) in [4.78, 5) is 16.5. The molecule has 0 amide bonds. The summed E-state index contributed by atoms with van der Waals surface area (Å²) < 4.78 is 21.4. The summed E-state index contributed by atoms with van der Waals surface area (Å²) in [5.74, 6) is -0.550. The van der Waals surface area contributed by atoms with Crippen LogP contribution in [0.5, 0.6) is 0 Å². The highest BCUT2D eigenvalue weighted by atomic mass is 19.1. The number of aromatic nitrogens is 2. The second kappa shape index (κ2) is 6.66. The Kier molecular flexibility index (Phi) is 4.57. The van der Waals surface area contributed by atoms with Gasteiger partial charge in [-0.1, -0.05) is 33.8 Å². The van der Waals surface area contributed by atoms with E-state index >= 15 is 0 Å². The van der Waals surface area contributed by atoms with Crippen molar-refractivity contribution in [2.45, 2.75) is 65.2 Å². The SMILES string of the molecule is COC(=O)c1cc2nc(C)n(-c3cc4c(cc3C)C(C)(C)CCC4(C)C)c2cc1F. The van der Waals surface area contributed by atoms with E-state index in [1.54, 1.807) is 0 Å². The van der Waals surface area contributed by atoms with Gasteiger partial charge in [-0.15, -0.1) is 0 Å². The first-order chi connectivity index (χ1) is 14.0. The van der Waals surface area contributed by atoms with Gasteiger partial charge in [0.2, 0.25) is 0 Å². The van der Waals surface area contributed by atoms with Crippen LogP contribution in [0.3, 0.4) is 0 Å². The smallest absolute Gasteiger partial charge is 0.340 e. The van der Waals surface area contributed by atoms with E-state index in [4.69, 9.17) is 4.74 Å². The molecule has 1 aliphatic carbocycles. The fraction of sp³-hybridized carbons (Fsp3) is 0.440. The van der Waals surface area contributed by atoms with E-state index in [1.807, 2.05) is 11.5 Å². The van der Waals surface area contributed by atoms with Gasteiger partial charge in [0.05, 0.1) is 29.4 Å². The Hall–Kier alpha value is -2.69. The third kappa shape index (κ3) is 3.03. The Morgan fingerprint density at radius 3 is 2.23 bits per heavy atom. The number of fused-ring (bicyclic) bond motifs is 2. The molecule has 0 saturated heterocycles. The number of aryl methyl sites for hydroxylation is 2. The standard InChI is InChI=1S/C25H29FN2O2/c1-14-10-17-18(25(5,6)9-8-24(17,3)4)12-21(14)28-15(2)27-20-11-16(23(29)30-7)19(26)13-22(20)28/h10-13H,8-9H2,1-7H3. The van der Waals surface area contributed by atoms with Crippen molar-refractivity contribution < 1.29 is 13.9 Å². The summed E-state index contributed by atoms with van der Waals surface area (Å²) >= 11 is 0. The molecule has 4 rings (SSSR count). The molecule has 0 unspecified atom stereocenters. The summed E-state index contributed by atoms with van der Waals surface area (Å²) in [5.41, 5.74) is 6.18. The van der Waals surface area contributed by atoms with Gasteiger partial charge in [-0.05, 0) is 66.3 Å². The molecule has 0 N–H and O–H groups in total. The molecule has 3 aromatic rings. The van der Waals surface area contributed by atoms with Crippen molar-refractivity contribution >= 4 is 17.0 Å². The maximum atomic E-state index is 14.7. The number of halogens is 1. The maximum absolute atomic E-state index is 14.7. The molecular weight excluding hydrogens is 379 g/mol. The molecule has 0 atom stereocenters. The maximum Gasteiger partial charge on any atom is 0.340 e. The summed E-state index contributed by atoms with van der Waals surface area (Å²) in [6.45, 7) is 13.2. The molecule has 5 heteroatoms. The fourth-order valence-electron chi connectivity index (χ4n) is 4.74. The van der Waals surface area contributed by atoms with Gasteiger partial charge in [0.25, 0.3) is 0 Å². The monoisotopic (exact) mass is 408 g/mol. The average molecular weight is 409 g/mol. The van der Waals surface area contributed by atoms with Crippen LogP contribution in [0.25, 0.3) is 16.7 Å². The molecule has 2 aromatic carbocycles. The van der Waals surface area contributed by atoms with Crippen LogP contribution < -0.4 is 0 Å². The van der Waals surface area contributed by atoms with Crippen molar-refractivity contribution in [1.29, 1.82) is 0 Å². The molecule has 1 aromatic heterocycles. The zero-order valence-electron chi connectivity index (χ0n) is 18.8. The second-order valence-electron chi connectivity index (χ2n) is 9.76. The van der Waals surface area contributed by atoms with Gasteiger partial charge >= 0.3 is 5.97 Å². The molecule has 158 valence electrons. The van der Waals surface area contributed by atoms with Crippen molar-refractivity contribution in [2.24, 2.45) is 0 Å². The Balaban J connectivity index is 1.99. The Morgan fingerprint density at radius 2 is 1.63 bits per heavy atom. The lowest BCUT2D eigenvalue weighted by atomic mass is 9.63. The normalized spacial score (nSPS) is 17.1. The largest absolute Gasteiger partial charge is 0.465 e. The number of hydrogen-bond donors (Lipinski definition) is 0. The van der Waals surface area contributed by atoms with Crippen LogP contribution in [0.2, 0.25) is 0 Å². The summed E-state index contributed by atoms with van der Waals surface area (Å²) in [6.07, 6.45) is 2.27. The van der Waals surface area contributed by atoms with Gasteiger partial charge < -0.3 is 4.74 Å². The number of esters is 1. The van der Waals surface area contributed by atoms with Gasteiger partial charge in [0.1, 0.15) is 11.6 Å². The number of rotatable bonds is 2. The fourth-order valence-corrected chi connectivity index (χ4v) is 4.74. The van der Waals surface area contributed by atoms with Crippen LogP contribution in [-0.4, -0.2) is 22.6 Å². The summed E-state index contributed by atoms with van der Waals surface area (Å²) in [7, 11) is 1.25. The number of benzene rings is 2. The Labute approximate surface area is 177 Å². The third-order valence-electron chi connectivity index (χ3n) is 6.73. The van der Waals surface area contributed by atoms with Crippen LogP contribution in [0, 0.1) is 19.7 Å². The van der Waals surface area contributed by atoms with Gasteiger partial charge in [-0.3, -0.25) is 4.57 Å². The van der Waals surface area contributed by atoms with Gasteiger partial charge in [0.15, 0.2) is 0 Å². The van der Waals surface area contributed by atoms with Crippen molar-refractivity contribution in [3.05, 3.63) is 58.2 Å². The molecule has 4 nitrogen and oxygen atoms in total. The van der Waals surface area contributed by atoms with Crippen molar-refractivity contribution in [2.75, 3.05) is 7.11 Å². The molecule has 0 aliphatic heterocycles. The van der Waals surface area contributed by atoms with Crippen LogP contribution in [0.4, 0.5) is 4.39 Å². The van der Waals surface area contributed by atoms with Crippen molar-refractivity contribution in [3.8, 4) is 5.69 Å². The number of nitrogens with zero attached hydrogens (tertiary/aromatic N) is 2. The molecule has 0 bridgehead atoms. The predicted molar refractivity (Wildman–Crippen MR) is 117 cm³/mol. The first-order valence-electron chi connectivity index (χ1n) is 10.4. The van der Waals surface area contributed by atoms with E-state index in [9.17, 15) is 9.18 Å². The number of hydrogen-bond acceptors (Lipinski definition) is 3. The number of carbonyl (C=O) groups is 1. The molecule has 0 spiro atoms. The lowest BCUT2D eigenvalue weighted by molar-refractivity contribution is 0.0595. The van der Waals surface area contributed by atoms with Crippen molar-refractivity contribution in [3.63, 3.8) is 0 Å². The summed E-state index contributed by atoms with van der Waals surface area (Å²) in [5, 5.41) is 0. The highest BCUT2D eigenvalue weighted by Gasteiger charge is 2.37. The summed E-state index contributed by atoms with van der Waals surface area (Å²) in [6, 6.07) is 7.40. The Morgan fingerprint density at radius 1 is 1.03 bits per heavy atom. The van der Waals surface area contributed by atoms with E-state index in [2.05, 4.69) is 51.7 Å². The average Bonchev–Trinajstić information content (AvgIpc) is 2.98. The van der Waals surface area contributed by atoms with E-state index in [1.165, 1.54) is 30.4 Å². The molecule has 30 heavy (non-hydrogen) atoms. The minimum absolute atomic E-state index is 0.0703. The highest BCUT2D eigenvalue weighted by molar-refractivity contribution is 5.94. The first kappa shape index (κ1) is 20.6. The number of carbonyl (C=O) groups excluding carboxylic acids is 1. The zero-order chi connectivity index (χ0) is 22.0. The minimum atomic E-state index is -0.699. The molecule has 1 heterocycles. The van der Waals surface area contributed by atoms with E-state index in [0.717, 1.165) is 29.9 Å². The first-order valence-corrected chi connectivity index (χ1v) is 10.4. The highest BCUT2D eigenvalue weighted by Crippen LogP contribution is 2.47. The molecule has 0 fully saturated rings. The number of methoxy groups -OCH3 is 1. The van der Waals surface area contributed by atoms with Crippen LogP contribution in [0.1, 0.15) is 73.4 Å². The van der Waals surface area contributed by atoms with Crippen LogP contribution >= 0.6 is 0 Å². The molecular formula is C25H29FN2O2.